The lowest BCUT2D eigenvalue weighted by Crippen LogP contribution is -2.26. The average molecular weight is 197 g/mol. The van der Waals surface area contributed by atoms with Gasteiger partial charge in [0.25, 0.3) is 0 Å². The number of carbonyl (C=O) groups is 1. The number of rotatable bonds is 4. The van der Waals surface area contributed by atoms with Crippen LogP contribution >= 0.6 is 0 Å². The molecule has 0 aliphatic heterocycles. The van der Waals surface area contributed by atoms with E-state index in [-0.39, 0.29) is 11.6 Å². The van der Waals surface area contributed by atoms with Crippen LogP contribution in [0.4, 0.5) is 0 Å². The number of aryl methyl sites for hydroxylation is 2. The van der Waals surface area contributed by atoms with Crippen molar-refractivity contribution in [3.63, 3.8) is 0 Å². The van der Waals surface area contributed by atoms with Crippen LogP contribution in [0.3, 0.4) is 0 Å². The van der Waals surface area contributed by atoms with E-state index in [1.807, 2.05) is 6.92 Å². The van der Waals surface area contributed by atoms with Gasteiger partial charge in [0.15, 0.2) is 0 Å². The van der Waals surface area contributed by atoms with Crippen LogP contribution in [0.1, 0.15) is 13.3 Å². The Balaban J connectivity index is 2.64. The van der Waals surface area contributed by atoms with Crippen LogP contribution in [0.15, 0.2) is 17.2 Å². The van der Waals surface area contributed by atoms with E-state index in [9.17, 15) is 9.59 Å². The Morgan fingerprint density at radius 2 is 2.07 bits per heavy atom. The van der Waals surface area contributed by atoms with Crippen LogP contribution in [0, 0.1) is 0 Å². The van der Waals surface area contributed by atoms with Crippen LogP contribution in [-0.4, -0.2) is 22.1 Å². The van der Waals surface area contributed by atoms with Crippen molar-refractivity contribution in [2.24, 2.45) is 0 Å². The highest BCUT2D eigenvalue weighted by Crippen LogP contribution is 1.89. The molecule has 1 heterocycles. The summed E-state index contributed by atoms with van der Waals surface area (Å²) in [4.78, 5) is 22.4. The van der Waals surface area contributed by atoms with Gasteiger partial charge in [0.1, 0.15) is 0 Å². The molecule has 1 aromatic heterocycles. The molecular formula is C9H15N3O2. The van der Waals surface area contributed by atoms with Gasteiger partial charge >= 0.3 is 5.69 Å². The fraction of sp³-hybridized carbons (Fsp3) is 0.556. The molecule has 1 amide bonds. The summed E-state index contributed by atoms with van der Waals surface area (Å²) < 4.78 is 3.14. The molecule has 0 aromatic carbocycles. The first-order valence-corrected chi connectivity index (χ1v) is 4.65. The van der Waals surface area contributed by atoms with Gasteiger partial charge in [-0.1, -0.05) is 0 Å². The molecule has 0 atom stereocenters. The molecule has 0 saturated heterocycles. The van der Waals surface area contributed by atoms with Crippen LogP contribution in [0.25, 0.3) is 0 Å². The van der Waals surface area contributed by atoms with Crippen molar-refractivity contribution in [2.45, 2.75) is 26.4 Å². The lowest BCUT2D eigenvalue weighted by molar-refractivity contribution is -0.120. The number of hydrogen-bond donors (Lipinski definition) is 1. The van der Waals surface area contributed by atoms with Crippen LogP contribution in [-0.2, 0) is 17.9 Å². The highest BCUT2D eigenvalue weighted by atomic mass is 16.2. The third kappa shape index (κ3) is 2.25. The molecule has 5 nitrogen and oxygen atoms in total. The van der Waals surface area contributed by atoms with E-state index in [1.54, 1.807) is 28.6 Å². The highest BCUT2D eigenvalue weighted by Gasteiger charge is 2.03. The smallest absolute Gasteiger partial charge is 0.328 e. The molecule has 78 valence electrons. The summed E-state index contributed by atoms with van der Waals surface area (Å²) in [5, 5.41) is 2.51. The Morgan fingerprint density at radius 3 is 2.57 bits per heavy atom. The van der Waals surface area contributed by atoms with Crippen LogP contribution < -0.4 is 11.0 Å². The Hall–Kier alpha value is -1.52. The second kappa shape index (κ2) is 4.64. The first-order valence-electron chi connectivity index (χ1n) is 4.65. The second-order valence-electron chi connectivity index (χ2n) is 2.98. The molecule has 0 spiro atoms. The Bertz CT molecular complexity index is 364. The van der Waals surface area contributed by atoms with Gasteiger partial charge in [0.2, 0.25) is 5.91 Å². The lowest BCUT2D eigenvalue weighted by Gasteiger charge is -2.00. The van der Waals surface area contributed by atoms with E-state index in [0.717, 1.165) is 0 Å². The van der Waals surface area contributed by atoms with Crippen molar-refractivity contribution >= 4 is 5.91 Å². The lowest BCUT2D eigenvalue weighted by atomic mass is 10.4. The zero-order valence-electron chi connectivity index (χ0n) is 8.49. The summed E-state index contributed by atoms with van der Waals surface area (Å²) >= 11 is 0. The van der Waals surface area contributed by atoms with Crippen molar-refractivity contribution in [2.75, 3.05) is 7.05 Å². The third-order valence-electron chi connectivity index (χ3n) is 2.12. The van der Waals surface area contributed by atoms with Gasteiger partial charge in [-0.2, -0.15) is 0 Å². The molecule has 14 heavy (non-hydrogen) atoms. The minimum Gasteiger partial charge on any atom is -0.359 e. The summed E-state index contributed by atoms with van der Waals surface area (Å²) in [6, 6.07) is 0. The molecule has 1 aromatic rings. The number of aromatic nitrogens is 2. The summed E-state index contributed by atoms with van der Waals surface area (Å²) in [6.45, 7) is 3.00. The van der Waals surface area contributed by atoms with E-state index < -0.39 is 0 Å². The molecule has 0 unspecified atom stereocenters. The Morgan fingerprint density at radius 1 is 1.43 bits per heavy atom. The molecule has 5 heteroatoms. The van der Waals surface area contributed by atoms with Crippen molar-refractivity contribution in [3.8, 4) is 0 Å². The largest absolute Gasteiger partial charge is 0.359 e. The Labute approximate surface area is 82.3 Å². The summed E-state index contributed by atoms with van der Waals surface area (Å²) in [6.07, 6.45) is 3.77. The standard InChI is InChI=1S/C9H15N3O2/c1-3-11-6-7-12(9(11)14)5-4-8(13)10-2/h6-7H,3-5H2,1-2H3,(H,10,13). The van der Waals surface area contributed by atoms with Crippen molar-refractivity contribution in [3.05, 3.63) is 22.9 Å². The van der Waals surface area contributed by atoms with Gasteiger partial charge in [-0.25, -0.2) is 4.79 Å². The van der Waals surface area contributed by atoms with Gasteiger partial charge in [0, 0.05) is 39.0 Å². The molecule has 0 fully saturated rings. The predicted molar refractivity (Wildman–Crippen MR) is 53.0 cm³/mol. The minimum atomic E-state index is -0.0589. The molecular weight excluding hydrogens is 182 g/mol. The first-order chi connectivity index (χ1) is 6.69. The number of carbonyl (C=O) groups excluding carboxylic acids is 1. The minimum absolute atomic E-state index is 0.0545. The number of hydrogen-bond acceptors (Lipinski definition) is 2. The van der Waals surface area contributed by atoms with Crippen molar-refractivity contribution in [1.29, 1.82) is 0 Å². The quantitative estimate of drug-likeness (QED) is 0.727. The molecule has 0 bridgehead atoms. The highest BCUT2D eigenvalue weighted by molar-refractivity contribution is 5.75. The van der Waals surface area contributed by atoms with E-state index in [2.05, 4.69) is 5.32 Å². The third-order valence-corrected chi connectivity index (χ3v) is 2.12. The van der Waals surface area contributed by atoms with Gasteiger partial charge in [-0.05, 0) is 6.92 Å². The molecule has 1 rings (SSSR count). The molecule has 0 aliphatic carbocycles. The van der Waals surface area contributed by atoms with Gasteiger partial charge in [0.05, 0.1) is 0 Å². The number of nitrogens with zero attached hydrogens (tertiary/aromatic N) is 2. The van der Waals surface area contributed by atoms with Gasteiger partial charge in [-0.15, -0.1) is 0 Å². The molecule has 0 radical (unpaired) electrons. The maximum absolute atomic E-state index is 11.5. The fourth-order valence-electron chi connectivity index (χ4n) is 1.21. The maximum Gasteiger partial charge on any atom is 0.328 e. The topological polar surface area (TPSA) is 56.0 Å². The van der Waals surface area contributed by atoms with E-state index in [0.29, 0.717) is 19.5 Å². The average Bonchev–Trinajstić information content (AvgIpc) is 2.56. The van der Waals surface area contributed by atoms with Gasteiger partial charge in [-0.3, -0.25) is 13.9 Å². The zero-order valence-corrected chi connectivity index (χ0v) is 8.49. The van der Waals surface area contributed by atoms with E-state index >= 15 is 0 Å². The predicted octanol–water partition coefficient (Wildman–Crippen LogP) is -0.194. The molecule has 0 aliphatic rings. The zero-order chi connectivity index (χ0) is 10.6. The SMILES string of the molecule is CCn1ccn(CCC(=O)NC)c1=O. The van der Waals surface area contributed by atoms with Crippen molar-refractivity contribution < 1.29 is 4.79 Å². The number of amides is 1. The number of nitrogens with one attached hydrogen (secondary N) is 1. The second-order valence-corrected chi connectivity index (χ2v) is 2.98. The van der Waals surface area contributed by atoms with E-state index in [4.69, 9.17) is 0 Å². The van der Waals surface area contributed by atoms with Gasteiger partial charge < -0.3 is 5.32 Å². The summed E-state index contributed by atoms with van der Waals surface area (Å²) in [5.74, 6) is -0.0545. The first kappa shape index (κ1) is 10.6. The monoisotopic (exact) mass is 197 g/mol. The fourth-order valence-corrected chi connectivity index (χ4v) is 1.21. The molecule has 0 saturated carbocycles. The van der Waals surface area contributed by atoms with Crippen LogP contribution in [0.2, 0.25) is 0 Å². The van der Waals surface area contributed by atoms with E-state index in [1.165, 1.54) is 0 Å². The summed E-state index contributed by atoms with van der Waals surface area (Å²) in [5.41, 5.74) is -0.0589. The normalized spacial score (nSPS) is 10.1. The van der Waals surface area contributed by atoms with Crippen LogP contribution in [0.5, 0.6) is 0 Å². The summed E-state index contributed by atoms with van der Waals surface area (Å²) in [7, 11) is 1.59. The Kier molecular flexibility index (Phi) is 3.50. The molecule has 1 N–H and O–H groups in total. The maximum atomic E-state index is 11.5. The van der Waals surface area contributed by atoms with Crippen molar-refractivity contribution in [1.82, 2.24) is 14.5 Å². The number of imidazole rings is 1.